The van der Waals surface area contributed by atoms with Crippen molar-refractivity contribution in [2.45, 2.75) is 0 Å². The third-order valence-electron chi connectivity index (χ3n) is 1.65. The lowest BCUT2D eigenvalue weighted by molar-refractivity contribution is 0.0597. The fourth-order valence-electron chi connectivity index (χ4n) is 1.03. The lowest BCUT2D eigenvalue weighted by atomic mass is 10.2. The van der Waals surface area contributed by atoms with E-state index < -0.39 is 5.97 Å². The maximum Gasteiger partial charge on any atom is 0.343 e. The van der Waals surface area contributed by atoms with E-state index in [2.05, 4.69) is 20.7 Å². The average molecular weight is 280 g/mol. The summed E-state index contributed by atoms with van der Waals surface area (Å²) in [6.45, 7) is 0. The zero-order chi connectivity index (χ0) is 10.7. The lowest BCUT2D eigenvalue weighted by Crippen LogP contribution is -2.05. The molecule has 0 unspecified atom stereocenters. The van der Waals surface area contributed by atoms with Gasteiger partial charge in [-0.3, -0.25) is 0 Å². The van der Waals surface area contributed by atoms with Gasteiger partial charge in [-0.1, -0.05) is 11.6 Å². The van der Waals surface area contributed by atoms with Crippen LogP contribution in [0.15, 0.2) is 16.6 Å². The summed E-state index contributed by atoms with van der Waals surface area (Å²) in [6, 6.07) is 3.30. The summed E-state index contributed by atoms with van der Waals surface area (Å²) in [7, 11) is 2.75. The van der Waals surface area contributed by atoms with E-state index in [4.69, 9.17) is 16.3 Å². The quantitative estimate of drug-likeness (QED) is 0.781. The van der Waals surface area contributed by atoms with Gasteiger partial charge in [0.05, 0.1) is 23.7 Å². The molecule has 0 radical (unpaired) electrons. The monoisotopic (exact) mass is 278 g/mol. The van der Waals surface area contributed by atoms with Crippen LogP contribution in [0.4, 0.5) is 0 Å². The summed E-state index contributed by atoms with van der Waals surface area (Å²) in [5.74, 6) is -0.141. The summed E-state index contributed by atoms with van der Waals surface area (Å²) in [5, 5.41) is 0.303. The summed E-state index contributed by atoms with van der Waals surface area (Å²) in [6.07, 6.45) is 0. The Hall–Kier alpha value is -0.740. The molecular weight excluding hydrogens is 271 g/mol. The molecule has 76 valence electrons. The van der Waals surface area contributed by atoms with Crippen molar-refractivity contribution in [1.82, 2.24) is 0 Å². The Morgan fingerprint density at radius 2 is 2.07 bits per heavy atom. The first kappa shape index (κ1) is 11.3. The minimum atomic E-state index is -0.520. The topological polar surface area (TPSA) is 35.5 Å². The van der Waals surface area contributed by atoms with Gasteiger partial charge in [0.15, 0.2) is 0 Å². The van der Waals surface area contributed by atoms with Crippen molar-refractivity contribution in [1.29, 1.82) is 0 Å². The van der Waals surface area contributed by atoms with E-state index in [1.807, 2.05) is 0 Å². The third-order valence-corrected chi connectivity index (χ3v) is 2.59. The van der Waals surface area contributed by atoms with Crippen LogP contribution in [0.2, 0.25) is 5.02 Å². The van der Waals surface area contributed by atoms with E-state index in [0.717, 1.165) is 0 Å². The Labute approximate surface area is 95.1 Å². The first-order valence-electron chi connectivity index (χ1n) is 3.72. The molecule has 0 atom stereocenters. The maximum absolute atomic E-state index is 11.4. The van der Waals surface area contributed by atoms with Crippen molar-refractivity contribution in [2.75, 3.05) is 14.2 Å². The molecule has 0 heterocycles. The number of methoxy groups -OCH3 is 2. The van der Waals surface area contributed by atoms with Gasteiger partial charge in [-0.05, 0) is 28.1 Å². The largest absolute Gasteiger partial charge is 0.495 e. The lowest BCUT2D eigenvalue weighted by Gasteiger charge is -2.09. The second kappa shape index (κ2) is 4.66. The van der Waals surface area contributed by atoms with Crippen LogP contribution in [0.3, 0.4) is 0 Å². The van der Waals surface area contributed by atoms with Crippen LogP contribution in [0.5, 0.6) is 5.75 Å². The van der Waals surface area contributed by atoms with Crippen molar-refractivity contribution >= 4 is 33.5 Å². The predicted molar refractivity (Wildman–Crippen MR) is 57.0 cm³/mol. The molecular formula is C9H8BrClO3. The number of ether oxygens (including phenoxy) is 2. The Balaban J connectivity index is 3.37. The van der Waals surface area contributed by atoms with E-state index in [1.165, 1.54) is 14.2 Å². The standard InChI is InChI=1S/C9H8BrClO3/c1-13-8-5(10)3-4-6(11)7(8)9(12)14-2/h3-4H,1-2H3. The molecule has 0 saturated heterocycles. The number of hydrogen-bond acceptors (Lipinski definition) is 3. The summed E-state index contributed by atoms with van der Waals surface area (Å²) in [5.41, 5.74) is 0.228. The second-order valence-electron chi connectivity index (χ2n) is 2.43. The van der Waals surface area contributed by atoms with E-state index in [9.17, 15) is 4.79 Å². The van der Waals surface area contributed by atoms with Crippen LogP contribution in [-0.4, -0.2) is 20.2 Å². The number of benzene rings is 1. The second-order valence-corrected chi connectivity index (χ2v) is 3.69. The molecule has 3 nitrogen and oxygen atoms in total. The highest BCUT2D eigenvalue weighted by molar-refractivity contribution is 9.10. The van der Waals surface area contributed by atoms with Crippen molar-refractivity contribution in [2.24, 2.45) is 0 Å². The average Bonchev–Trinajstić information content (AvgIpc) is 2.19. The number of carbonyl (C=O) groups excluding carboxylic acids is 1. The minimum Gasteiger partial charge on any atom is -0.495 e. The number of carbonyl (C=O) groups is 1. The highest BCUT2D eigenvalue weighted by Crippen LogP contribution is 2.34. The van der Waals surface area contributed by atoms with E-state index in [1.54, 1.807) is 12.1 Å². The van der Waals surface area contributed by atoms with E-state index >= 15 is 0 Å². The van der Waals surface area contributed by atoms with Gasteiger partial charge in [-0.15, -0.1) is 0 Å². The Morgan fingerprint density at radius 1 is 1.43 bits per heavy atom. The zero-order valence-electron chi connectivity index (χ0n) is 7.64. The van der Waals surface area contributed by atoms with E-state index in [0.29, 0.717) is 15.2 Å². The van der Waals surface area contributed by atoms with Crippen LogP contribution in [0, 0.1) is 0 Å². The molecule has 0 fully saturated rings. The van der Waals surface area contributed by atoms with Crippen LogP contribution in [-0.2, 0) is 4.74 Å². The Morgan fingerprint density at radius 3 is 2.57 bits per heavy atom. The van der Waals surface area contributed by atoms with Gasteiger partial charge < -0.3 is 9.47 Å². The molecule has 1 aromatic rings. The van der Waals surface area contributed by atoms with Gasteiger partial charge in [-0.25, -0.2) is 4.79 Å². The van der Waals surface area contributed by atoms with Crippen LogP contribution < -0.4 is 4.74 Å². The van der Waals surface area contributed by atoms with Gasteiger partial charge in [0.25, 0.3) is 0 Å². The first-order chi connectivity index (χ1) is 6.61. The van der Waals surface area contributed by atoms with Crippen molar-refractivity contribution < 1.29 is 14.3 Å². The third kappa shape index (κ3) is 2.01. The predicted octanol–water partition coefficient (Wildman–Crippen LogP) is 2.90. The molecule has 0 spiro atoms. The van der Waals surface area contributed by atoms with Crippen molar-refractivity contribution in [3.8, 4) is 5.75 Å². The number of rotatable bonds is 2. The molecule has 0 aliphatic rings. The van der Waals surface area contributed by atoms with Crippen LogP contribution in [0.1, 0.15) is 10.4 Å². The Kier molecular flexibility index (Phi) is 3.77. The van der Waals surface area contributed by atoms with Gasteiger partial charge in [0.1, 0.15) is 11.3 Å². The molecule has 0 amide bonds. The molecule has 0 bridgehead atoms. The van der Waals surface area contributed by atoms with Crippen LogP contribution in [0.25, 0.3) is 0 Å². The first-order valence-corrected chi connectivity index (χ1v) is 4.89. The van der Waals surface area contributed by atoms with Crippen molar-refractivity contribution in [3.63, 3.8) is 0 Å². The van der Waals surface area contributed by atoms with Crippen molar-refractivity contribution in [3.05, 3.63) is 27.2 Å². The number of esters is 1. The van der Waals surface area contributed by atoms with Crippen LogP contribution >= 0.6 is 27.5 Å². The molecule has 0 saturated carbocycles. The normalized spacial score (nSPS) is 9.71. The summed E-state index contributed by atoms with van der Waals surface area (Å²) >= 11 is 9.10. The summed E-state index contributed by atoms with van der Waals surface area (Å²) < 4.78 is 10.3. The minimum absolute atomic E-state index is 0.228. The highest BCUT2D eigenvalue weighted by Gasteiger charge is 2.19. The SMILES string of the molecule is COC(=O)c1c(Cl)ccc(Br)c1OC. The van der Waals surface area contributed by atoms with Gasteiger partial charge in [0.2, 0.25) is 0 Å². The van der Waals surface area contributed by atoms with Gasteiger partial charge >= 0.3 is 5.97 Å². The molecule has 1 rings (SSSR count). The number of halogens is 2. The molecule has 5 heteroatoms. The van der Waals surface area contributed by atoms with Gasteiger partial charge in [-0.2, -0.15) is 0 Å². The molecule has 0 N–H and O–H groups in total. The van der Waals surface area contributed by atoms with Gasteiger partial charge in [0, 0.05) is 0 Å². The zero-order valence-corrected chi connectivity index (χ0v) is 9.98. The fraction of sp³-hybridized carbons (Fsp3) is 0.222. The van der Waals surface area contributed by atoms with E-state index in [-0.39, 0.29) is 5.56 Å². The molecule has 0 aromatic heterocycles. The molecule has 14 heavy (non-hydrogen) atoms. The molecule has 0 aliphatic heterocycles. The fourth-order valence-corrected chi connectivity index (χ4v) is 1.74. The Bertz CT molecular complexity index is 365. The summed E-state index contributed by atoms with van der Waals surface area (Å²) in [4.78, 5) is 11.4. The molecule has 0 aliphatic carbocycles. The highest BCUT2D eigenvalue weighted by atomic mass is 79.9. The maximum atomic E-state index is 11.4. The molecule has 1 aromatic carbocycles. The smallest absolute Gasteiger partial charge is 0.343 e. The number of hydrogen-bond donors (Lipinski definition) is 0.